The number of carbonyl (C=O) groups is 1. The summed E-state index contributed by atoms with van der Waals surface area (Å²) in [5.74, 6) is 0.727. The van der Waals surface area contributed by atoms with Crippen molar-refractivity contribution in [2.75, 3.05) is 13.1 Å². The van der Waals surface area contributed by atoms with Gasteiger partial charge in [0, 0.05) is 13.1 Å². The monoisotopic (exact) mass is 443 g/mol. The van der Waals surface area contributed by atoms with Crippen LogP contribution < -0.4 is 0 Å². The number of amides is 1. The average Bonchev–Trinajstić information content (AvgIpc) is 2.72. The number of phenols is 1. The largest absolute Gasteiger partial charge is 0.507 e. The molecule has 32 heavy (non-hydrogen) atoms. The zero-order valence-electron chi connectivity index (χ0n) is 22.2. The van der Waals surface area contributed by atoms with Gasteiger partial charge in [0.2, 0.25) is 5.91 Å². The van der Waals surface area contributed by atoms with Gasteiger partial charge in [-0.15, -0.1) is 0 Å². The molecule has 3 nitrogen and oxygen atoms in total. The van der Waals surface area contributed by atoms with Gasteiger partial charge in [0.1, 0.15) is 5.75 Å². The Balaban J connectivity index is 2.69. The molecule has 0 heterocycles. The van der Waals surface area contributed by atoms with Crippen LogP contribution in [0.2, 0.25) is 0 Å². The second-order valence-electron chi connectivity index (χ2n) is 12.1. The van der Waals surface area contributed by atoms with E-state index in [9.17, 15) is 9.90 Å². The quantitative estimate of drug-likeness (QED) is 0.449. The van der Waals surface area contributed by atoms with E-state index in [0.717, 1.165) is 81.1 Å². The molecule has 0 radical (unpaired) electrons. The van der Waals surface area contributed by atoms with Crippen LogP contribution in [0, 0.1) is 0 Å². The molecule has 0 unspecified atom stereocenters. The van der Waals surface area contributed by atoms with Gasteiger partial charge in [-0.25, -0.2) is 0 Å². The van der Waals surface area contributed by atoms with Crippen LogP contribution in [0.4, 0.5) is 0 Å². The predicted molar refractivity (Wildman–Crippen MR) is 137 cm³/mol. The van der Waals surface area contributed by atoms with E-state index in [1.54, 1.807) is 0 Å². The van der Waals surface area contributed by atoms with Crippen molar-refractivity contribution in [1.29, 1.82) is 0 Å². The molecule has 2 rings (SSSR count). The lowest BCUT2D eigenvalue weighted by Crippen LogP contribution is -2.49. The minimum absolute atomic E-state index is 0.191. The molecule has 0 aliphatic heterocycles. The second-order valence-corrected chi connectivity index (χ2v) is 12.1. The number of unbranched alkanes of at least 4 members (excludes halogenated alkanes) is 2. The van der Waals surface area contributed by atoms with Crippen molar-refractivity contribution in [2.45, 2.75) is 129 Å². The van der Waals surface area contributed by atoms with Crippen LogP contribution >= 0.6 is 0 Å². The molecule has 1 aromatic rings. The molecule has 0 spiro atoms. The maximum absolute atomic E-state index is 14.3. The van der Waals surface area contributed by atoms with Crippen molar-refractivity contribution in [3.63, 3.8) is 0 Å². The van der Waals surface area contributed by atoms with Gasteiger partial charge in [0.15, 0.2) is 0 Å². The van der Waals surface area contributed by atoms with Crippen molar-refractivity contribution in [3.05, 3.63) is 28.8 Å². The van der Waals surface area contributed by atoms with Crippen LogP contribution in [0.1, 0.15) is 130 Å². The van der Waals surface area contributed by atoms with Gasteiger partial charge in [-0.1, -0.05) is 99.6 Å². The van der Waals surface area contributed by atoms with E-state index in [4.69, 9.17) is 0 Å². The molecule has 1 aliphatic rings. The van der Waals surface area contributed by atoms with E-state index in [1.165, 1.54) is 6.42 Å². The van der Waals surface area contributed by atoms with Gasteiger partial charge in [0.25, 0.3) is 0 Å². The van der Waals surface area contributed by atoms with Crippen molar-refractivity contribution in [3.8, 4) is 5.75 Å². The Kier molecular flexibility index (Phi) is 8.87. The molecule has 0 aromatic heterocycles. The summed E-state index contributed by atoms with van der Waals surface area (Å²) in [6, 6.07) is 4.34. The standard InChI is InChI=1S/C29H49NO2/c1-9-11-18-30(19-12-10-2)26(32)29(16-14-13-15-17-29)22-20-23(27(3,4)5)25(31)24(21-22)28(6,7)8/h20-21,31H,9-19H2,1-8H3. The first-order valence-electron chi connectivity index (χ1n) is 13.1. The van der Waals surface area contributed by atoms with Crippen LogP contribution in [0.5, 0.6) is 5.75 Å². The Morgan fingerprint density at radius 1 is 0.875 bits per heavy atom. The van der Waals surface area contributed by atoms with E-state index < -0.39 is 5.41 Å². The summed E-state index contributed by atoms with van der Waals surface area (Å²) in [6.07, 6.45) is 9.54. The number of nitrogens with zero attached hydrogens (tertiary/aromatic N) is 1. The average molecular weight is 444 g/mol. The maximum Gasteiger partial charge on any atom is 0.233 e. The minimum atomic E-state index is -0.465. The lowest BCUT2D eigenvalue weighted by molar-refractivity contribution is -0.139. The van der Waals surface area contributed by atoms with Crippen molar-refractivity contribution in [2.24, 2.45) is 0 Å². The highest BCUT2D eigenvalue weighted by Gasteiger charge is 2.44. The molecular weight excluding hydrogens is 394 g/mol. The van der Waals surface area contributed by atoms with E-state index in [1.807, 2.05) is 0 Å². The Morgan fingerprint density at radius 3 is 1.69 bits per heavy atom. The molecule has 182 valence electrons. The van der Waals surface area contributed by atoms with Gasteiger partial charge in [-0.05, 0) is 53.2 Å². The van der Waals surface area contributed by atoms with Crippen LogP contribution in [-0.4, -0.2) is 29.0 Å². The Bertz CT molecular complexity index is 717. The lowest BCUT2D eigenvalue weighted by Gasteiger charge is -2.42. The molecule has 1 N–H and O–H groups in total. The summed E-state index contributed by atoms with van der Waals surface area (Å²) >= 11 is 0. The Labute approximate surface area is 198 Å². The van der Waals surface area contributed by atoms with Crippen molar-refractivity contribution in [1.82, 2.24) is 4.90 Å². The Morgan fingerprint density at radius 2 is 1.31 bits per heavy atom. The molecule has 0 saturated heterocycles. The minimum Gasteiger partial charge on any atom is -0.507 e. The highest BCUT2D eigenvalue weighted by molar-refractivity contribution is 5.89. The number of aromatic hydroxyl groups is 1. The third-order valence-electron chi connectivity index (χ3n) is 7.25. The molecular formula is C29H49NO2. The third-order valence-corrected chi connectivity index (χ3v) is 7.25. The van der Waals surface area contributed by atoms with Crippen molar-refractivity contribution < 1.29 is 9.90 Å². The molecule has 0 bridgehead atoms. The fourth-order valence-corrected chi connectivity index (χ4v) is 5.15. The molecule has 1 aliphatic carbocycles. The highest BCUT2D eigenvalue weighted by atomic mass is 16.3. The highest BCUT2D eigenvalue weighted by Crippen LogP contribution is 2.47. The van der Waals surface area contributed by atoms with Crippen LogP contribution in [0.25, 0.3) is 0 Å². The first-order valence-corrected chi connectivity index (χ1v) is 13.1. The smallest absolute Gasteiger partial charge is 0.233 e. The zero-order chi connectivity index (χ0) is 24.2. The number of rotatable bonds is 8. The van der Waals surface area contributed by atoms with Gasteiger partial charge in [0.05, 0.1) is 5.41 Å². The second kappa shape index (κ2) is 10.6. The predicted octanol–water partition coefficient (Wildman–Crippen LogP) is 7.62. The fourth-order valence-electron chi connectivity index (χ4n) is 5.15. The molecule has 1 saturated carbocycles. The van der Waals surface area contributed by atoms with Gasteiger partial charge < -0.3 is 10.0 Å². The van der Waals surface area contributed by atoms with E-state index >= 15 is 0 Å². The molecule has 0 atom stereocenters. The first kappa shape index (κ1) is 26.7. The van der Waals surface area contributed by atoms with Gasteiger partial charge in [-0.2, -0.15) is 0 Å². The van der Waals surface area contributed by atoms with Gasteiger partial charge >= 0.3 is 0 Å². The number of phenolic OH excluding ortho intramolecular Hbond substituents is 1. The lowest BCUT2D eigenvalue weighted by atomic mass is 9.66. The van der Waals surface area contributed by atoms with E-state index in [-0.39, 0.29) is 10.8 Å². The molecule has 1 aromatic carbocycles. The number of hydrogen-bond acceptors (Lipinski definition) is 2. The first-order chi connectivity index (χ1) is 14.9. The van der Waals surface area contributed by atoms with Crippen LogP contribution in [0.15, 0.2) is 12.1 Å². The molecule has 3 heteroatoms. The normalized spacial score (nSPS) is 16.8. The summed E-state index contributed by atoms with van der Waals surface area (Å²) in [6.45, 7) is 19.0. The summed E-state index contributed by atoms with van der Waals surface area (Å²) in [4.78, 5) is 16.5. The molecule has 1 fully saturated rings. The fraction of sp³-hybridized carbons (Fsp3) is 0.759. The van der Waals surface area contributed by atoms with Crippen molar-refractivity contribution >= 4 is 5.91 Å². The van der Waals surface area contributed by atoms with Crippen LogP contribution in [0.3, 0.4) is 0 Å². The molecule has 1 amide bonds. The number of hydrogen-bond donors (Lipinski definition) is 1. The topological polar surface area (TPSA) is 40.5 Å². The summed E-state index contributed by atoms with van der Waals surface area (Å²) in [7, 11) is 0. The summed E-state index contributed by atoms with van der Waals surface area (Å²) in [5, 5.41) is 11.3. The summed E-state index contributed by atoms with van der Waals surface area (Å²) < 4.78 is 0. The Hall–Kier alpha value is -1.51. The van der Waals surface area contributed by atoms with Crippen LogP contribution in [-0.2, 0) is 21.0 Å². The number of benzene rings is 1. The SMILES string of the molecule is CCCCN(CCCC)C(=O)C1(c2cc(C(C)(C)C)c(O)c(C(C)(C)C)c2)CCCCC1. The van der Waals surface area contributed by atoms with E-state index in [2.05, 4.69) is 72.4 Å². The third kappa shape index (κ3) is 5.88. The van der Waals surface area contributed by atoms with Gasteiger partial charge in [-0.3, -0.25) is 4.79 Å². The zero-order valence-corrected chi connectivity index (χ0v) is 22.2. The number of carbonyl (C=O) groups excluding carboxylic acids is 1. The summed E-state index contributed by atoms with van der Waals surface area (Å²) in [5.41, 5.74) is 2.21. The van der Waals surface area contributed by atoms with E-state index in [0.29, 0.717) is 11.7 Å². The maximum atomic E-state index is 14.3.